The minimum atomic E-state index is -0.340. The maximum Gasteiger partial charge on any atom is 0.119 e. The lowest BCUT2D eigenvalue weighted by Crippen LogP contribution is -2.22. The molecule has 1 aliphatic heterocycles. The minimum Gasteiger partial charge on any atom is -0.497 e. The smallest absolute Gasteiger partial charge is 0.119 e. The molecule has 0 spiro atoms. The summed E-state index contributed by atoms with van der Waals surface area (Å²) in [6.07, 6.45) is 1.98. The summed E-state index contributed by atoms with van der Waals surface area (Å²) in [6.45, 7) is 2.10. The van der Waals surface area contributed by atoms with E-state index in [0.29, 0.717) is 0 Å². The Kier molecular flexibility index (Phi) is 3.88. The third-order valence-electron chi connectivity index (χ3n) is 4.32. The van der Waals surface area contributed by atoms with Gasteiger partial charge in [0.2, 0.25) is 0 Å². The van der Waals surface area contributed by atoms with Gasteiger partial charge in [-0.1, -0.05) is 24.3 Å². The maximum atomic E-state index is 5.39. The standard InChI is InChI=1S/C19H21NO2/c1-14-10-11-19(20-14,15-6-4-8-17(12-15)21-2)16-7-5-9-18(13-16)22-3/h4-9,12-13H,10-11H2,1-3H3. The molecule has 0 saturated carbocycles. The second-order valence-electron chi connectivity index (χ2n) is 5.67. The Labute approximate surface area is 131 Å². The van der Waals surface area contributed by atoms with E-state index < -0.39 is 0 Å². The second kappa shape index (κ2) is 5.84. The lowest BCUT2D eigenvalue weighted by atomic mass is 9.81. The number of methoxy groups -OCH3 is 2. The van der Waals surface area contributed by atoms with E-state index in [0.717, 1.165) is 35.5 Å². The molecule has 3 nitrogen and oxygen atoms in total. The molecule has 0 unspecified atom stereocenters. The van der Waals surface area contributed by atoms with Crippen LogP contribution in [0.25, 0.3) is 0 Å². The zero-order valence-corrected chi connectivity index (χ0v) is 13.3. The first kappa shape index (κ1) is 14.6. The van der Waals surface area contributed by atoms with Crippen molar-refractivity contribution in [3.63, 3.8) is 0 Å². The van der Waals surface area contributed by atoms with Crippen molar-refractivity contribution in [2.24, 2.45) is 4.99 Å². The van der Waals surface area contributed by atoms with Crippen LogP contribution in [0.1, 0.15) is 30.9 Å². The summed E-state index contributed by atoms with van der Waals surface area (Å²) in [4.78, 5) is 5.02. The first-order chi connectivity index (χ1) is 10.7. The summed E-state index contributed by atoms with van der Waals surface area (Å²) in [6, 6.07) is 16.4. The summed E-state index contributed by atoms with van der Waals surface area (Å²) in [5.41, 5.74) is 3.17. The fourth-order valence-corrected chi connectivity index (χ4v) is 3.14. The lowest BCUT2D eigenvalue weighted by molar-refractivity contribution is 0.409. The monoisotopic (exact) mass is 295 g/mol. The SMILES string of the molecule is COc1cccc(C2(c3cccc(OC)c3)CCC(C)=N2)c1. The highest BCUT2D eigenvalue weighted by Crippen LogP contribution is 2.44. The van der Waals surface area contributed by atoms with E-state index in [-0.39, 0.29) is 5.54 Å². The van der Waals surface area contributed by atoms with Crippen molar-refractivity contribution in [2.45, 2.75) is 25.3 Å². The van der Waals surface area contributed by atoms with Crippen molar-refractivity contribution in [1.82, 2.24) is 0 Å². The van der Waals surface area contributed by atoms with Crippen LogP contribution in [0.3, 0.4) is 0 Å². The van der Waals surface area contributed by atoms with Gasteiger partial charge in [-0.3, -0.25) is 4.99 Å². The second-order valence-corrected chi connectivity index (χ2v) is 5.67. The van der Waals surface area contributed by atoms with Crippen LogP contribution in [0.5, 0.6) is 11.5 Å². The van der Waals surface area contributed by atoms with Gasteiger partial charge in [0, 0.05) is 5.71 Å². The van der Waals surface area contributed by atoms with Gasteiger partial charge in [-0.25, -0.2) is 0 Å². The van der Waals surface area contributed by atoms with E-state index in [1.807, 2.05) is 24.3 Å². The van der Waals surface area contributed by atoms with E-state index in [1.54, 1.807) is 14.2 Å². The van der Waals surface area contributed by atoms with Gasteiger partial charge in [-0.2, -0.15) is 0 Å². The zero-order chi connectivity index (χ0) is 15.6. The summed E-state index contributed by atoms with van der Waals surface area (Å²) in [7, 11) is 3.39. The van der Waals surface area contributed by atoms with Gasteiger partial charge in [0.15, 0.2) is 0 Å². The number of hydrogen-bond acceptors (Lipinski definition) is 3. The van der Waals surface area contributed by atoms with Crippen LogP contribution in [-0.2, 0) is 5.54 Å². The number of nitrogens with zero attached hydrogens (tertiary/aromatic N) is 1. The Bertz CT molecular complexity index is 659. The highest BCUT2D eigenvalue weighted by molar-refractivity contribution is 5.85. The highest BCUT2D eigenvalue weighted by Gasteiger charge is 2.37. The summed E-state index contributed by atoms with van der Waals surface area (Å²) in [5, 5.41) is 0. The van der Waals surface area contributed by atoms with Crippen molar-refractivity contribution in [1.29, 1.82) is 0 Å². The fourth-order valence-electron chi connectivity index (χ4n) is 3.14. The molecule has 0 N–H and O–H groups in total. The minimum absolute atomic E-state index is 0.340. The van der Waals surface area contributed by atoms with Crippen molar-refractivity contribution in [3.05, 3.63) is 59.7 Å². The summed E-state index contributed by atoms with van der Waals surface area (Å²) < 4.78 is 10.8. The number of aliphatic imine (C=N–C) groups is 1. The van der Waals surface area contributed by atoms with Gasteiger partial charge in [0.05, 0.1) is 14.2 Å². The van der Waals surface area contributed by atoms with E-state index in [2.05, 4.69) is 31.2 Å². The van der Waals surface area contributed by atoms with Crippen LogP contribution in [0, 0.1) is 0 Å². The Hall–Kier alpha value is -2.29. The Balaban J connectivity index is 2.17. The Morgan fingerprint density at radius 2 is 1.45 bits per heavy atom. The first-order valence-corrected chi connectivity index (χ1v) is 7.52. The number of hydrogen-bond donors (Lipinski definition) is 0. The average Bonchev–Trinajstić information content (AvgIpc) is 2.98. The van der Waals surface area contributed by atoms with E-state index in [4.69, 9.17) is 14.5 Å². The molecule has 0 amide bonds. The predicted molar refractivity (Wildman–Crippen MR) is 89.1 cm³/mol. The molecule has 2 aromatic carbocycles. The molecule has 0 aromatic heterocycles. The molecule has 114 valence electrons. The van der Waals surface area contributed by atoms with Gasteiger partial charge in [-0.15, -0.1) is 0 Å². The van der Waals surface area contributed by atoms with E-state index in [9.17, 15) is 0 Å². The quantitative estimate of drug-likeness (QED) is 0.846. The molecule has 1 aliphatic rings. The molecular formula is C19H21NO2. The molecule has 3 heteroatoms. The molecule has 2 aromatic rings. The largest absolute Gasteiger partial charge is 0.497 e. The van der Waals surface area contributed by atoms with Gasteiger partial charge < -0.3 is 9.47 Å². The zero-order valence-electron chi connectivity index (χ0n) is 13.3. The van der Waals surface area contributed by atoms with Crippen LogP contribution in [-0.4, -0.2) is 19.9 Å². The van der Waals surface area contributed by atoms with Crippen LogP contribution in [0.2, 0.25) is 0 Å². The van der Waals surface area contributed by atoms with Crippen LogP contribution in [0.4, 0.5) is 0 Å². The van der Waals surface area contributed by atoms with Gasteiger partial charge >= 0.3 is 0 Å². The molecule has 0 aliphatic carbocycles. The lowest BCUT2D eigenvalue weighted by Gasteiger charge is -2.28. The van der Waals surface area contributed by atoms with E-state index in [1.165, 1.54) is 5.71 Å². The van der Waals surface area contributed by atoms with Crippen molar-refractivity contribution in [3.8, 4) is 11.5 Å². The van der Waals surface area contributed by atoms with Crippen LogP contribution in [0.15, 0.2) is 53.5 Å². The number of benzene rings is 2. The summed E-state index contributed by atoms with van der Waals surface area (Å²) >= 11 is 0. The molecular weight excluding hydrogens is 274 g/mol. The highest BCUT2D eigenvalue weighted by atomic mass is 16.5. The van der Waals surface area contributed by atoms with Crippen LogP contribution < -0.4 is 9.47 Å². The number of ether oxygens (including phenoxy) is 2. The molecule has 0 atom stereocenters. The third-order valence-corrected chi connectivity index (χ3v) is 4.32. The molecule has 3 rings (SSSR count). The van der Waals surface area contributed by atoms with Crippen molar-refractivity contribution >= 4 is 5.71 Å². The molecule has 1 heterocycles. The maximum absolute atomic E-state index is 5.39. The number of rotatable bonds is 4. The Morgan fingerprint density at radius 3 is 1.86 bits per heavy atom. The molecule has 0 bridgehead atoms. The molecule has 0 radical (unpaired) electrons. The first-order valence-electron chi connectivity index (χ1n) is 7.52. The normalized spacial score (nSPS) is 16.2. The topological polar surface area (TPSA) is 30.8 Å². The van der Waals surface area contributed by atoms with E-state index >= 15 is 0 Å². The van der Waals surface area contributed by atoms with Crippen LogP contribution >= 0.6 is 0 Å². The summed E-state index contributed by atoms with van der Waals surface area (Å²) in [5.74, 6) is 1.72. The van der Waals surface area contributed by atoms with Gasteiger partial charge in [0.1, 0.15) is 17.0 Å². The van der Waals surface area contributed by atoms with Crippen molar-refractivity contribution < 1.29 is 9.47 Å². The average molecular weight is 295 g/mol. The fraction of sp³-hybridized carbons (Fsp3) is 0.316. The Morgan fingerprint density at radius 1 is 0.909 bits per heavy atom. The predicted octanol–water partition coefficient (Wildman–Crippen LogP) is 4.20. The molecule has 22 heavy (non-hydrogen) atoms. The third kappa shape index (κ3) is 2.47. The molecule has 0 fully saturated rings. The van der Waals surface area contributed by atoms with Crippen molar-refractivity contribution in [2.75, 3.05) is 14.2 Å². The van der Waals surface area contributed by atoms with Gasteiger partial charge in [0.25, 0.3) is 0 Å². The van der Waals surface area contributed by atoms with Gasteiger partial charge in [-0.05, 0) is 55.2 Å². The molecule has 0 saturated heterocycles.